The van der Waals surface area contributed by atoms with E-state index in [2.05, 4.69) is 69.6 Å². The number of thiocarbonyl (C=S) groups is 1. The molecule has 0 bridgehead atoms. The van der Waals surface area contributed by atoms with Crippen LogP contribution in [0.25, 0.3) is 0 Å². The molecule has 0 saturated carbocycles. The van der Waals surface area contributed by atoms with Gasteiger partial charge in [0.15, 0.2) is 11.1 Å². The fourth-order valence-electron chi connectivity index (χ4n) is 4.99. The average Bonchev–Trinajstić information content (AvgIpc) is 3.89. The molecule has 24 heteroatoms. The van der Waals surface area contributed by atoms with E-state index in [0.717, 1.165) is 26.1 Å². The normalized spacial score (nSPS) is 21.4. The van der Waals surface area contributed by atoms with Crippen LogP contribution >= 0.6 is 66.8 Å². The van der Waals surface area contributed by atoms with Crippen molar-refractivity contribution in [1.29, 1.82) is 0 Å². The quantitative estimate of drug-likeness (QED) is 0.0853. The van der Waals surface area contributed by atoms with Crippen LogP contribution < -0.4 is 72.0 Å². The van der Waals surface area contributed by atoms with E-state index in [1.807, 2.05) is 57.5 Å². The predicted octanol–water partition coefficient (Wildman–Crippen LogP) is -0.463. The van der Waals surface area contributed by atoms with Crippen LogP contribution in [0.5, 0.6) is 0 Å². The Labute approximate surface area is 441 Å². The van der Waals surface area contributed by atoms with Crippen LogP contribution in [0.2, 0.25) is 0 Å². The minimum absolute atomic E-state index is 0. The first kappa shape index (κ1) is 56.9. The molecule has 0 aliphatic carbocycles. The predicted molar refractivity (Wildman–Crippen MR) is 230 cm³/mol. The number of hydrogen-bond donors (Lipinski definition) is 5. The summed E-state index contributed by atoms with van der Waals surface area (Å²) in [6.45, 7) is 9.92. The molecule has 0 aromatic carbocycles. The Kier molecular flexibility index (Phi) is 30.0. The number of carbonyl (C=O) groups excluding carboxylic acids is 4. The number of amides is 1. The van der Waals surface area contributed by atoms with Gasteiger partial charge in [0.1, 0.15) is 12.4 Å². The Hall–Kier alpha value is 2.91. The third kappa shape index (κ3) is 17.3. The van der Waals surface area contributed by atoms with Crippen LogP contribution in [-0.4, -0.2) is 160 Å². The minimum atomic E-state index is -1.28. The number of halogens is 2. The van der Waals surface area contributed by atoms with E-state index in [1.54, 1.807) is 25.4 Å². The Bertz CT molecular complexity index is 1620. The molecule has 2 aliphatic heterocycles. The number of rotatable bonds is 11. The van der Waals surface area contributed by atoms with Crippen molar-refractivity contribution < 1.29 is 86.0 Å². The molecule has 4 heterocycles. The van der Waals surface area contributed by atoms with Crippen molar-refractivity contribution in [3.05, 3.63) is 41.6 Å². The molecule has 1 unspecified atom stereocenters. The summed E-state index contributed by atoms with van der Waals surface area (Å²) in [6, 6.07) is 3.92. The Morgan fingerprint density at radius 2 is 1.83 bits per heavy atom. The van der Waals surface area contributed by atoms with Gasteiger partial charge in [-0.1, -0.05) is 0 Å². The van der Waals surface area contributed by atoms with Gasteiger partial charge in [0.2, 0.25) is 5.91 Å². The number of guanidine groups is 1. The maximum atomic E-state index is 12.7. The third-order valence-corrected chi connectivity index (χ3v) is 13.8. The molecule has 1 amide bonds. The summed E-state index contributed by atoms with van der Waals surface area (Å²) in [5, 5.41) is 22.1. The fraction of sp³-hybridized carbons (Fsp3) is 0.533. The van der Waals surface area contributed by atoms with Crippen LogP contribution in [0, 0.1) is 11.8 Å². The van der Waals surface area contributed by atoms with E-state index in [4.69, 9.17) is 4.74 Å². The van der Waals surface area contributed by atoms with Crippen LogP contribution in [0.3, 0.4) is 0 Å². The SMILES string of the molecule is CC(C)(C)[S@@](=O)N[C@](C)(c1cc(Br)cs1)C1CCOC1=O.CN1C(=O)[C@H](CCO)[C@@](C)(c2cc(Br)cs2)NC1=N[B]C=O.CNC(=S)N[B]C=O.[H-].[K+].[K][K]. The number of esters is 1. The van der Waals surface area contributed by atoms with Gasteiger partial charge in [0.05, 0.1) is 45.3 Å². The first-order valence-electron chi connectivity index (χ1n) is 16.5. The number of nitrogens with zero attached hydrogens (tertiary/aromatic N) is 2. The molecule has 54 heavy (non-hydrogen) atoms. The van der Waals surface area contributed by atoms with E-state index in [9.17, 15) is 28.5 Å². The Morgan fingerprint density at radius 3 is 2.28 bits per heavy atom. The first-order valence-corrected chi connectivity index (χ1v) is 37.4. The molecule has 2 radical (unpaired) electrons. The molecular formula is C30H43B2Br2K3N6O7S4. The van der Waals surface area contributed by atoms with Gasteiger partial charge in [0.25, 0.3) is 0 Å². The van der Waals surface area contributed by atoms with Gasteiger partial charge < -0.3 is 41.6 Å². The number of ether oxygens (including phenoxy) is 1. The molecule has 2 fully saturated rings. The van der Waals surface area contributed by atoms with Crippen LogP contribution in [0.1, 0.15) is 58.6 Å². The van der Waals surface area contributed by atoms with E-state index < -0.39 is 32.7 Å². The number of cyclic esters (lactones) is 1. The van der Waals surface area contributed by atoms with Crippen molar-refractivity contribution in [3.63, 3.8) is 0 Å². The molecular weight excluding hydrogens is 983 g/mol. The molecule has 2 aromatic rings. The number of nitrogens with one attached hydrogen (secondary N) is 4. The molecule has 5 atom stereocenters. The van der Waals surface area contributed by atoms with Gasteiger partial charge in [0, 0.05) is 50.2 Å². The molecule has 2 aromatic heterocycles. The third-order valence-electron chi connectivity index (χ3n) is 7.85. The number of carbonyl (C=O) groups is 4. The second-order valence-electron chi connectivity index (χ2n) is 12.5. The van der Waals surface area contributed by atoms with Gasteiger partial charge in [-0.25, -0.2) is 8.93 Å². The molecule has 2 saturated heterocycles. The summed E-state index contributed by atoms with van der Waals surface area (Å²) in [5.74, 6) is -0.797. The summed E-state index contributed by atoms with van der Waals surface area (Å²) in [5.41, 5.74) is -1.39. The summed E-state index contributed by atoms with van der Waals surface area (Å²) in [7, 11) is 4.32. The summed E-state index contributed by atoms with van der Waals surface area (Å²) < 4.78 is 22.4. The summed E-state index contributed by atoms with van der Waals surface area (Å²) in [4.78, 5) is 52.2. The second-order valence-corrected chi connectivity index (χ2v) is 18.5. The molecule has 4 rings (SSSR count). The first-order chi connectivity index (χ1) is 24.9. The van der Waals surface area contributed by atoms with Gasteiger partial charge in [-0.05, 0) is 104 Å². The standard InChI is InChI=1S/C14H20BrNO3S2.C13H16BBrN3O3S.C3H6BN2OS.3K.H/c1-13(2,3)21(18)16-14(4,10-5-6-19-12(10)17)11-7-9(15)8-20-11;1-13(10-5-8(15)6-22-10)9(3-4-19)11(21)18(2)12(16-13)17-14-7-20;1-5-3(8)6-4-2-7;;;;/h7-8,10,16H,5-6H2,1-4H3;5-7,9,19H,3-4H2,1-2H3,(H,16,17);2H,1H3,(H2,5,6,8);;;;/q;;;;;+1;-1/t10?,14-,21+;9-,13-;;;;;/m00...../s1. The van der Waals surface area contributed by atoms with E-state index >= 15 is 0 Å². The van der Waals surface area contributed by atoms with Crippen molar-refractivity contribution in [3.8, 4) is 0 Å². The topological polar surface area (TPSA) is 179 Å². The summed E-state index contributed by atoms with van der Waals surface area (Å²) >= 11 is 17.0. The molecule has 282 valence electrons. The Balaban J connectivity index is 0. The number of hydrogen-bond acceptors (Lipinski definition) is 11. The van der Waals surface area contributed by atoms with Gasteiger partial charge in [-0.2, -0.15) is 0 Å². The maximum absolute atomic E-state index is 12.7. The zero-order chi connectivity index (χ0) is 40.6. The monoisotopic (exact) mass is 1020 g/mol. The van der Waals surface area contributed by atoms with E-state index in [1.165, 1.54) is 86.8 Å². The van der Waals surface area contributed by atoms with Gasteiger partial charge in [-0.15, -0.1) is 22.7 Å². The zero-order valence-electron chi connectivity index (χ0n) is 33.3. The molecule has 0 spiro atoms. The van der Waals surface area contributed by atoms with E-state index in [0.29, 0.717) is 42.9 Å². The van der Waals surface area contributed by atoms with E-state index in [-0.39, 0.29) is 77.2 Å². The number of thiophene rings is 2. The van der Waals surface area contributed by atoms with Crippen molar-refractivity contribution in [2.24, 2.45) is 16.7 Å². The fourth-order valence-corrected chi connectivity index (χ4v) is 9.27. The van der Waals surface area contributed by atoms with Crippen molar-refractivity contribution in [2.45, 2.75) is 63.3 Å². The van der Waals surface area contributed by atoms with Crippen molar-refractivity contribution in [2.75, 3.05) is 27.3 Å². The van der Waals surface area contributed by atoms with Crippen LogP contribution in [-0.2, 0) is 46.0 Å². The van der Waals surface area contributed by atoms with Crippen LogP contribution in [0.15, 0.2) is 36.7 Å². The average molecular weight is 1030 g/mol. The molecule has 2 aliphatic rings. The Morgan fingerprint density at radius 1 is 1.22 bits per heavy atom. The summed E-state index contributed by atoms with van der Waals surface area (Å²) in [6.07, 6.45) is 2.17. The number of aliphatic hydroxyl groups excluding tert-OH is 1. The number of aliphatic hydroxyl groups is 1. The van der Waals surface area contributed by atoms with Crippen LogP contribution in [0.4, 0.5) is 0 Å². The van der Waals surface area contributed by atoms with Crippen molar-refractivity contribution in [1.82, 2.24) is 25.5 Å². The van der Waals surface area contributed by atoms with Gasteiger partial charge >= 0.3 is 135 Å². The molecule has 13 nitrogen and oxygen atoms in total. The zero-order valence-corrected chi connectivity index (χ0v) is 48.1. The van der Waals surface area contributed by atoms with Gasteiger partial charge in [-0.3, -0.25) is 14.5 Å². The van der Waals surface area contributed by atoms with Crippen molar-refractivity contribution >= 4 is 191 Å². The second kappa shape index (κ2) is 28.5. The molecule has 5 N–H and O–H groups in total.